The van der Waals surface area contributed by atoms with Crippen molar-refractivity contribution in [2.24, 2.45) is 17.4 Å². The first-order chi connectivity index (χ1) is 17.9. The summed E-state index contributed by atoms with van der Waals surface area (Å²) in [5.41, 5.74) is 24.7. The summed E-state index contributed by atoms with van der Waals surface area (Å²) in [5.74, 6) is 0.427. The van der Waals surface area contributed by atoms with E-state index in [1.54, 1.807) is 0 Å². The zero-order valence-electron chi connectivity index (χ0n) is 22.1. The van der Waals surface area contributed by atoms with Gasteiger partial charge in [0, 0.05) is 12.1 Å². The van der Waals surface area contributed by atoms with Gasteiger partial charge in [0.2, 0.25) is 0 Å². The molecule has 0 aliphatic rings. The van der Waals surface area contributed by atoms with E-state index >= 15 is 0 Å². The van der Waals surface area contributed by atoms with Gasteiger partial charge < -0.3 is 11.5 Å². The Morgan fingerprint density at radius 2 is 0.838 bits per heavy atom. The SMILES string of the molecule is CC(C)CC(NNC(C)C(N)(c1ccccc1)c1ccccc1)C(N)(c1ccccc1)c1ccccc1. The lowest BCUT2D eigenvalue weighted by Crippen LogP contribution is -2.64. The monoisotopic (exact) mass is 492 g/mol. The standard InChI is InChI=1S/C33H40N4/c1-25(2)24-31(33(35,29-20-12-6-13-21-29)30-22-14-7-15-23-30)37-36-26(3)32(34,27-16-8-4-9-17-27)28-18-10-5-11-19-28/h4-23,25-26,31,36-37H,24,34-35H2,1-3H3. The number of nitrogens with two attached hydrogens (primary N) is 2. The van der Waals surface area contributed by atoms with Gasteiger partial charge in [-0.15, -0.1) is 0 Å². The highest BCUT2D eigenvalue weighted by atomic mass is 15.4. The molecule has 4 heteroatoms. The molecule has 0 bridgehead atoms. The lowest BCUT2D eigenvalue weighted by Gasteiger charge is -2.43. The van der Waals surface area contributed by atoms with Crippen molar-refractivity contribution in [2.45, 2.75) is 50.4 Å². The molecule has 4 aromatic rings. The van der Waals surface area contributed by atoms with Gasteiger partial charge in [0.05, 0.1) is 11.1 Å². The van der Waals surface area contributed by atoms with Crippen molar-refractivity contribution in [3.63, 3.8) is 0 Å². The number of nitrogens with one attached hydrogen (secondary N) is 2. The van der Waals surface area contributed by atoms with Gasteiger partial charge in [-0.05, 0) is 41.5 Å². The van der Waals surface area contributed by atoms with E-state index < -0.39 is 11.1 Å². The van der Waals surface area contributed by atoms with E-state index in [0.717, 1.165) is 28.7 Å². The number of hydrazine groups is 1. The Morgan fingerprint density at radius 3 is 1.16 bits per heavy atom. The number of hydrogen-bond donors (Lipinski definition) is 4. The second-order valence-corrected chi connectivity index (χ2v) is 10.4. The average Bonchev–Trinajstić information content (AvgIpc) is 2.96. The summed E-state index contributed by atoms with van der Waals surface area (Å²) in [6, 6.07) is 41.1. The van der Waals surface area contributed by atoms with Crippen molar-refractivity contribution in [3.8, 4) is 0 Å². The molecule has 0 saturated heterocycles. The zero-order chi connectivity index (χ0) is 26.3. The van der Waals surface area contributed by atoms with Crippen LogP contribution in [0.3, 0.4) is 0 Å². The third kappa shape index (κ3) is 5.68. The first-order valence-electron chi connectivity index (χ1n) is 13.2. The highest BCUT2D eigenvalue weighted by Gasteiger charge is 2.41. The van der Waals surface area contributed by atoms with Crippen molar-refractivity contribution >= 4 is 0 Å². The van der Waals surface area contributed by atoms with Crippen LogP contribution in [0.4, 0.5) is 0 Å². The van der Waals surface area contributed by atoms with Gasteiger partial charge in [-0.1, -0.05) is 135 Å². The fourth-order valence-corrected chi connectivity index (χ4v) is 5.26. The molecule has 4 rings (SSSR count). The Kier molecular flexibility index (Phi) is 8.57. The highest BCUT2D eigenvalue weighted by molar-refractivity contribution is 5.41. The molecule has 0 amide bonds. The first kappa shape index (κ1) is 26.8. The molecule has 0 heterocycles. The molecular weight excluding hydrogens is 452 g/mol. The molecule has 0 fully saturated rings. The molecule has 0 aliphatic carbocycles. The predicted molar refractivity (Wildman–Crippen MR) is 155 cm³/mol. The molecule has 2 unspecified atom stereocenters. The fraction of sp³-hybridized carbons (Fsp3) is 0.273. The Labute approximate surface area is 222 Å². The van der Waals surface area contributed by atoms with Crippen LogP contribution >= 0.6 is 0 Å². The van der Waals surface area contributed by atoms with Crippen LogP contribution in [0, 0.1) is 5.92 Å². The third-order valence-electron chi connectivity index (χ3n) is 7.42. The Hall–Kier alpha value is -3.28. The molecule has 4 nitrogen and oxygen atoms in total. The molecule has 0 aromatic heterocycles. The van der Waals surface area contributed by atoms with E-state index in [1.807, 2.05) is 48.5 Å². The van der Waals surface area contributed by atoms with Gasteiger partial charge >= 0.3 is 0 Å². The summed E-state index contributed by atoms with van der Waals surface area (Å²) < 4.78 is 0. The van der Waals surface area contributed by atoms with Gasteiger partial charge in [-0.3, -0.25) is 10.9 Å². The molecule has 192 valence electrons. The van der Waals surface area contributed by atoms with E-state index in [2.05, 4.69) is 104 Å². The van der Waals surface area contributed by atoms with Crippen LogP contribution < -0.4 is 22.3 Å². The molecule has 37 heavy (non-hydrogen) atoms. The summed E-state index contributed by atoms with van der Waals surface area (Å²) in [4.78, 5) is 0. The predicted octanol–water partition coefficient (Wildman–Crippen LogP) is 5.69. The largest absolute Gasteiger partial charge is 0.316 e. The molecule has 6 N–H and O–H groups in total. The maximum Gasteiger partial charge on any atom is 0.0835 e. The molecule has 4 aromatic carbocycles. The second kappa shape index (κ2) is 11.8. The van der Waals surface area contributed by atoms with Crippen LogP contribution in [0.2, 0.25) is 0 Å². The molecular formula is C33H40N4. The van der Waals surface area contributed by atoms with Crippen molar-refractivity contribution < 1.29 is 0 Å². The highest BCUT2D eigenvalue weighted by Crippen LogP contribution is 2.34. The summed E-state index contributed by atoms with van der Waals surface area (Å²) >= 11 is 0. The minimum Gasteiger partial charge on any atom is -0.316 e. The normalized spacial score (nSPS) is 13.9. The first-order valence-corrected chi connectivity index (χ1v) is 13.2. The van der Waals surface area contributed by atoms with E-state index in [0.29, 0.717) is 5.92 Å². The molecule has 0 saturated carbocycles. The van der Waals surface area contributed by atoms with Crippen LogP contribution in [0.25, 0.3) is 0 Å². The average molecular weight is 493 g/mol. The minimum atomic E-state index is -0.755. The van der Waals surface area contributed by atoms with Crippen LogP contribution in [0.15, 0.2) is 121 Å². The van der Waals surface area contributed by atoms with E-state index in [4.69, 9.17) is 11.5 Å². The van der Waals surface area contributed by atoms with Crippen molar-refractivity contribution in [1.29, 1.82) is 0 Å². The number of rotatable bonds is 11. The topological polar surface area (TPSA) is 76.1 Å². The van der Waals surface area contributed by atoms with Gasteiger partial charge in [-0.2, -0.15) is 0 Å². The van der Waals surface area contributed by atoms with Gasteiger partial charge in [0.25, 0.3) is 0 Å². The fourth-order valence-electron chi connectivity index (χ4n) is 5.26. The Balaban J connectivity index is 1.71. The number of hydrogen-bond acceptors (Lipinski definition) is 4. The van der Waals surface area contributed by atoms with Gasteiger partial charge in [0.1, 0.15) is 0 Å². The smallest absolute Gasteiger partial charge is 0.0835 e. The van der Waals surface area contributed by atoms with Crippen molar-refractivity contribution in [2.75, 3.05) is 0 Å². The Morgan fingerprint density at radius 1 is 0.514 bits per heavy atom. The molecule has 0 radical (unpaired) electrons. The van der Waals surface area contributed by atoms with Crippen LogP contribution in [-0.4, -0.2) is 12.1 Å². The maximum absolute atomic E-state index is 7.42. The van der Waals surface area contributed by atoms with E-state index in [1.165, 1.54) is 0 Å². The quantitative estimate of drug-likeness (QED) is 0.203. The summed E-state index contributed by atoms with van der Waals surface area (Å²) in [6.45, 7) is 6.59. The van der Waals surface area contributed by atoms with Crippen LogP contribution in [0.5, 0.6) is 0 Å². The van der Waals surface area contributed by atoms with Crippen molar-refractivity contribution in [1.82, 2.24) is 10.9 Å². The lowest BCUT2D eigenvalue weighted by atomic mass is 9.75. The lowest BCUT2D eigenvalue weighted by molar-refractivity contribution is 0.231. The van der Waals surface area contributed by atoms with E-state index in [9.17, 15) is 0 Å². The third-order valence-corrected chi connectivity index (χ3v) is 7.42. The molecule has 0 aliphatic heterocycles. The minimum absolute atomic E-state index is 0.101. The van der Waals surface area contributed by atoms with E-state index in [-0.39, 0.29) is 12.1 Å². The Bertz CT molecular complexity index is 1130. The number of benzene rings is 4. The summed E-state index contributed by atoms with van der Waals surface area (Å²) in [6.07, 6.45) is 0.869. The van der Waals surface area contributed by atoms with Crippen LogP contribution in [-0.2, 0) is 11.1 Å². The molecule has 2 atom stereocenters. The van der Waals surface area contributed by atoms with Gasteiger partial charge in [0.15, 0.2) is 0 Å². The summed E-state index contributed by atoms with van der Waals surface area (Å²) in [5, 5.41) is 0. The zero-order valence-corrected chi connectivity index (χ0v) is 22.1. The molecule has 0 spiro atoms. The van der Waals surface area contributed by atoms with Gasteiger partial charge in [-0.25, -0.2) is 0 Å². The second-order valence-electron chi connectivity index (χ2n) is 10.4. The maximum atomic E-state index is 7.42. The van der Waals surface area contributed by atoms with Crippen LogP contribution in [0.1, 0.15) is 49.4 Å². The van der Waals surface area contributed by atoms with Crippen molar-refractivity contribution in [3.05, 3.63) is 144 Å². The summed E-state index contributed by atoms with van der Waals surface area (Å²) in [7, 11) is 0.